The molecule has 1 aliphatic heterocycles. The van der Waals surface area contributed by atoms with Gasteiger partial charge in [0.15, 0.2) is 0 Å². The summed E-state index contributed by atoms with van der Waals surface area (Å²) in [5, 5.41) is 3.26. The number of fused-ring (bicyclic) bond motifs is 1. The second kappa shape index (κ2) is 10.8. The number of benzene rings is 2. The molecule has 10 heteroatoms. The van der Waals surface area contributed by atoms with Crippen molar-refractivity contribution in [3.05, 3.63) is 64.9 Å². The van der Waals surface area contributed by atoms with Crippen LogP contribution in [0.5, 0.6) is 0 Å². The first kappa shape index (κ1) is 26.0. The smallest absolute Gasteiger partial charge is 0.239 e. The minimum atomic E-state index is -0.558. The summed E-state index contributed by atoms with van der Waals surface area (Å²) >= 11 is 5.82. The van der Waals surface area contributed by atoms with Crippen LogP contribution >= 0.6 is 25.1 Å². The molecule has 1 aromatic heterocycles. The Kier molecular flexibility index (Phi) is 8.22. The lowest BCUT2D eigenvalue weighted by atomic mass is 10.0. The summed E-state index contributed by atoms with van der Waals surface area (Å²) in [4.78, 5) is 19.3. The Morgan fingerprint density at radius 3 is 2.53 bits per heavy atom. The summed E-state index contributed by atoms with van der Waals surface area (Å²) < 4.78 is 29.5. The highest BCUT2D eigenvalue weighted by molar-refractivity contribution is 7.59. The molecule has 34 heavy (non-hydrogen) atoms. The van der Waals surface area contributed by atoms with Crippen LogP contribution in [0.15, 0.2) is 42.5 Å². The third-order valence-corrected chi connectivity index (χ3v) is 5.93. The summed E-state index contributed by atoms with van der Waals surface area (Å²) in [6.45, 7) is 5.32. The molecule has 1 atom stereocenters. The fourth-order valence-corrected chi connectivity index (χ4v) is 4.13. The molecule has 0 saturated heterocycles. The first-order valence-corrected chi connectivity index (χ1v) is 11.2. The summed E-state index contributed by atoms with van der Waals surface area (Å²) in [6.07, 6.45) is 0.611. The Morgan fingerprint density at radius 2 is 1.88 bits per heavy atom. The van der Waals surface area contributed by atoms with Gasteiger partial charge in [0.05, 0.1) is 17.6 Å². The minimum Gasteiger partial charge on any atom is -0.340 e. The molecule has 0 unspecified atom stereocenters. The monoisotopic (exact) mass is 507 g/mol. The van der Waals surface area contributed by atoms with E-state index < -0.39 is 11.9 Å². The Balaban J connectivity index is 0.00000324. The van der Waals surface area contributed by atoms with Gasteiger partial charge in [0.2, 0.25) is 5.91 Å². The molecule has 1 aliphatic rings. The quantitative estimate of drug-likeness (QED) is 0.489. The molecule has 3 N–H and O–H groups in total. The Labute approximate surface area is 209 Å². The van der Waals surface area contributed by atoms with Crippen LogP contribution in [0, 0.1) is 17.6 Å². The van der Waals surface area contributed by atoms with Crippen LogP contribution < -0.4 is 11.1 Å². The van der Waals surface area contributed by atoms with Gasteiger partial charge in [-0.3, -0.25) is 4.79 Å². The third-order valence-electron chi connectivity index (χ3n) is 5.63. The molecule has 0 fully saturated rings. The van der Waals surface area contributed by atoms with E-state index in [0.717, 1.165) is 0 Å². The van der Waals surface area contributed by atoms with Gasteiger partial charge in [-0.1, -0.05) is 25.4 Å². The number of carbonyl (C=O) groups is 1. The van der Waals surface area contributed by atoms with Gasteiger partial charge in [-0.15, -0.1) is 0 Å². The van der Waals surface area contributed by atoms with Crippen molar-refractivity contribution in [3.8, 4) is 11.3 Å². The molecule has 4 rings (SSSR count). The van der Waals surface area contributed by atoms with Crippen molar-refractivity contribution in [1.29, 1.82) is 0 Å². The van der Waals surface area contributed by atoms with Crippen LogP contribution in [0.3, 0.4) is 0 Å². The molecule has 0 saturated carbocycles. The summed E-state index contributed by atoms with van der Waals surface area (Å²) in [6, 6.07) is 9.89. The van der Waals surface area contributed by atoms with E-state index in [-0.39, 0.29) is 30.2 Å². The van der Waals surface area contributed by atoms with Crippen molar-refractivity contribution in [3.63, 3.8) is 0 Å². The van der Waals surface area contributed by atoms with Gasteiger partial charge >= 0.3 is 0 Å². The van der Waals surface area contributed by atoms with E-state index in [9.17, 15) is 13.6 Å². The number of carbonyl (C=O) groups excluding carboxylic acids is 1. The maximum atomic E-state index is 14.0. The van der Waals surface area contributed by atoms with Crippen molar-refractivity contribution < 1.29 is 13.6 Å². The largest absolute Gasteiger partial charge is 0.340 e. The number of hydrogen-bond acceptors (Lipinski definition) is 4. The number of anilines is 2. The highest BCUT2D eigenvalue weighted by atomic mass is 35.5. The average molecular weight is 508 g/mol. The maximum Gasteiger partial charge on any atom is 0.239 e. The number of imidazole rings is 1. The van der Waals surface area contributed by atoms with E-state index in [2.05, 4.69) is 5.32 Å². The first-order chi connectivity index (χ1) is 15.7. The molecule has 1 amide bonds. The van der Waals surface area contributed by atoms with Crippen LogP contribution in [0.1, 0.15) is 26.1 Å². The van der Waals surface area contributed by atoms with Gasteiger partial charge in [0, 0.05) is 24.3 Å². The average Bonchev–Trinajstić information content (AvgIpc) is 3.13. The van der Waals surface area contributed by atoms with E-state index >= 15 is 0 Å². The number of hydrogen-bond donors (Lipinski definition) is 2. The third kappa shape index (κ3) is 5.54. The summed E-state index contributed by atoms with van der Waals surface area (Å²) in [5.74, 6) is 0.624. The van der Waals surface area contributed by atoms with Crippen LogP contribution in [0.4, 0.5) is 20.3 Å². The van der Waals surface area contributed by atoms with Gasteiger partial charge in [-0.05, 0) is 54.8 Å². The number of nitrogens with two attached hydrogens (primary N) is 1. The zero-order valence-corrected chi connectivity index (χ0v) is 20.7. The molecule has 0 spiro atoms. The number of aromatic nitrogens is 2. The highest BCUT2D eigenvalue weighted by Gasteiger charge is 2.29. The first-order valence-electron chi connectivity index (χ1n) is 10.8. The molecule has 2 aromatic carbocycles. The van der Waals surface area contributed by atoms with Crippen molar-refractivity contribution in [1.82, 2.24) is 14.5 Å². The lowest BCUT2D eigenvalue weighted by Gasteiger charge is -2.31. The molecule has 0 bridgehead atoms. The van der Waals surface area contributed by atoms with Crippen LogP contribution in [-0.4, -0.2) is 32.9 Å². The molecule has 182 valence electrons. The maximum absolute atomic E-state index is 14.0. The molecule has 0 radical (unpaired) electrons. The lowest BCUT2D eigenvalue weighted by Crippen LogP contribution is -2.47. The number of halogens is 3. The second-order valence-corrected chi connectivity index (χ2v) is 9.04. The number of nitrogens with one attached hydrogen (secondary N) is 1. The summed E-state index contributed by atoms with van der Waals surface area (Å²) in [7, 11) is 0. The van der Waals surface area contributed by atoms with E-state index in [4.69, 9.17) is 22.3 Å². The number of rotatable bonds is 6. The van der Waals surface area contributed by atoms with Crippen molar-refractivity contribution in [2.24, 2.45) is 11.7 Å². The zero-order valence-electron chi connectivity index (χ0n) is 19.0. The molecule has 2 heterocycles. The molecule has 0 aliphatic carbocycles. The molecule has 6 nitrogen and oxygen atoms in total. The van der Waals surface area contributed by atoms with Crippen molar-refractivity contribution in [2.75, 3.05) is 11.9 Å². The van der Waals surface area contributed by atoms with Crippen molar-refractivity contribution in [2.45, 2.75) is 39.4 Å². The molecule has 3 aromatic rings. The van der Waals surface area contributed by atoms with E-state index in [1.807, 2.05) is 18.4 Å². The molecular formula is C24H28ClF2N5OS. The normalized spacial score (nSPS) is 13.9. The summed E-state index contributed by atoms with van der Waals surface area (Å²) in [5.41, 5.74) is 7.91. The van der Waals surface area contributed by atoms with Gasteiger partial charge in [-0.2, -0.15) is 13.5 Å². The second-order valence-electron chi connectivity index (χ2n) is 8.63. The van der Waals surface area contributed by atoms with Crippen LogP contribution in [0.2, 0.25) is 5.02 Å². The predicted molar refractivity (Wildman–Crippen MR) is 136 cm³/mol. The van der Waals surface area contributed by atoms with Gasteiger partial charge in [-0.25, -0.2) is 13.8 Å². The molecular weight excluding hydrogens is 480 g/mol. The van der Waals surface area contributed by atoms with E-state index in [1.165, 1.54) is 24.3 Å². The van der Waals surface area contributed by atoms with E-state index in [1.54, 1.807) is 23.1 Å². The Bertz CT molecular complexity index is 1170. The fraction of sp³-hybridized carbons (Fsp3) is 0.333. The zero-order chi connectivity index (χ0) is 23.7. The highest BCUT2D eigenvalue weighted by Crippen LogP contribution is 2.34. The Hall–Kier alpha value is -2.62. The predicted octanol–water partition coefficient (Wildman–Crippen LogP) is 5.05. The van der Waals surface area contributed by atoms with Crippen LogP contribution in [0.25, 0.3) is 11.3 Å². The topological polar surface area (TPSA) is 76.2 Å². The standard InChI is InChI=1S/C24H26ClF2N5O.H2S/c1-14(2)11-20(28)24(33)31-9-10-32-21(13-31)30-22(15-3-5-16(26)6-4-15)23(32)29-17-7-8-18(25)19(27)12-17;/h3-8,12,14,20,29H,9-11,13,28H2,1-2H3;1H2/t20-;/m0./s1. The van der Waals surface area contributed by atoms with Gasteiger partial charge in [0.25, 0.3) is 0 Å². The lowest BCUT2D eigenvalue weighted by molar-refractivity contribution is -0.134. The van der Waals surface area contributed by atoms with Crippen LogP contribution in [-0.2, 0) is 17.9 Å². The number of amides is 1. The van der Waals surface area contributed by atoms with Crippen molar-refractivity contribution >= 4 is 42.5 Å². The fourth-order valence-electron chi connectivity index (χ4n) is 4.01. The number of nitrogens with zero attached hydrogens (tertiary/aromatic N) is 3. The van der Waals surface area contributed by atoms with Gasteiger partial charge in [0.1, 0.15) is 29.0 Å². The minimum absolute atomic E-state index is 0. The van der Waals surface area contributed by atoms with Gasteiger partial charge < -0.3 is 20.5 Å². The SMILES string of the molecule is CC(C)C[C@H](N)C(=O)N1CCn2c(nc(-c3ccc(F)cc3)c2Nc2ccc(Cl)c(F)c2)C1.S. The van der Waals surface area contributed by atoms with E-state index in [0.29, 0.717) is 60.6 Å². The Morgan fingerprint density at radius 1 is 1.18 bits per heavy atom.